The molecule has 1 aromatic heterocycles. The summed E-state index contributed by atoms with van der Waals surface area (Å²) in [5.41, 5.74) is 1.20. The third kappa shape index (κ3) is 3.09. The zero-order chi connectivity index (χ0) is 18.7. The highest BCUT2D eigenvalue weighted by Gasteiger charge is 2.54. The van der Waals surface area contributed by atoms with Crippen LogP contribution >= 0.6 is 0 Å². The number of aryl methyl sites for hydroxylation is 1. The molecular weight excluding hydrogens is 329 g/mol. The molecule has 0 N–H and O–H groups in total. The van der Waals surface area contributed by atoms with Crippen LogP contribution in [0.15, 0.2) is 6.20 Å². The van der Waals surface area contributed by atoms with Crippen molar-refractivity contribution in [3.05, 3.63) is 17.5 Å². The molecule has 3 heterocycles. The fourth-order valence-electron chi connectivity index (χ4n) is 3.95. The molecule has 3 aliphatic rings. The van der Waals surface area contributed by atoms with Gasteiger partial charge in [-0.05, 0) is 59.2 Å². The van der Waals surface area contributed by atoms with Crippen molar-refractivity contribution in [1.29, 1.82) is 0 Å². The summed E-state index contributed by atoms with van der Waals surface area (Å²) in [5, 5.41) is 4.53. The molecule has 0 aromatic carbocycles. The Labute approximate surface area is 156 Å². The van der Waals surface area contributed by atoms with Crippen LogP contribution in [0, 0.1) is 0 Å². The quantitative estimate of drug-likeness (QED) is 0.779. The van der Waals surface area contributed by atoms with Crippen LogP contribution in [-0.4, -0.2) is 52.0 Å². The first-order chi connectivity index (χ1) is 12.2. The molecule has 1 aromatic rings. The lowest BCUT2D eigenvalue weighted by Gasteiger charge is -2.32. The molecule has 1 amide bonds. The third-order valence-corrected chi connectivity index (χ3v) is 6.54. The number of aromatic nitrogens is 2. The predicted octanol–water partition coefficient (Wildman–Crippen LogP) is 3.00. The molecule has 1 aliphatic carbocycles. The lowest BCUT2D eigenvalue weighted by Crippen LogP contribution is -2.41. The van der Waals surface area contributed by atoms with Crippen molar-refractivity contribution in [2.75, 3.05) is 13.1 Å². The van der Waals surface area contributed by atoms with E-state index in [1.54, 1.807) is 4.68 Å². The van der Waals surface area contributed by atoms with Crippen LogP contribution in [0.4, 0.5) is 0 Å². The summed E-state index contributed by atoms with van der Waals surface area (Å²) < 4.78 is 14.2. The van der Waals surface area contributed by atoms with Crippen molar-refractivity contribution in [3.8, 4) is 0 Å². The second-order valence-corrected chi connectivity index (χ2v) is 9.13. The highest BCUT2D eigenvalue weighted by atomic mass is 16.7. The molecular formula is C19H30BN3O3. The molecule has 1 saturated carbocycles. The van der Waals surface area contributed by atoms with Gasteiger partial charge in [0.05, 0.1) is 22.5 Å². The predicted molar refractivity (Wildman–Crippen MR) is 100 cm³/mol. The summed E-state index contributed by atoms with van der Waals surface area (Å²) in [4.78, 5) is 15.0. The molecule has 3 fully saturated rings. The van der Waals surface area contributed by atoms with Gasteiger partial charge in [-0.25, -0.2) is 0 Å². The second kappa shape index (κ2) is 6.09. The molecule has 6 nitrogen and oxygen atoms in total. The Bertz CT molecular complexity index is 687. The molecule has 4 rings (SSSR count). The Balaban J connectivity index is 1.39. The number of nitrogens with zero attached hydrogens (tertiary/aromatic N) is 3. The van der Waals surface area contributed by atoms with E-state index in [0.29, 0.717) is 11.7 Å². The number of likely N-dealkylation sites (tertiary alicyclic amines) is 1. The van der Waals surface area contributed by atoms with Crippen LogP contribution in [0.5, 0.6) is 0 Å². The van der Waals surface area contributed by atoms with Crippen LogP contribution in [0.2, 0.25) is 5.82 Å². The Kier molecular flexibility index (Phi) is 4.23. The minimum Gasteiger partial charge on any atom is -0.403 e. The largest absolute Gasteiger partial charge is 0.461 e. The number of carbonyl (C=O) groups is 1. The average Bonchev–Trinajstić information content (AvgIpc) is 3.30. The third-order valence-electron chi connectivity index (χ3n) is 6.54. The molecule has 0 atom stereocenters. The fourth-order valence-corrected chi connectivity index (χ4v) is 3.95. The minimum atomic E-state index is -0.292. The van der Waals surface area contributed by atoms with Crippen LogP contribution in [0.25, 0.3) is 0 Å². The van der Waals surface area contributed by atoms with E-state index < -0.39 is 0 Å². The highest BCUT2D eigenvalue weighted by Crippen LogP contribution is 2.43. The van der Waals surface area contributed by atoms with Gasteiger partial charge in [0.1, 0.15) is 0 Å². The van der Waals surface area contributed by atoms with Crippen LogP contribution in [0.3, 0.4) is 0 Å². The minimum absolute atomic E-state index is 0.132. The number of rotatable bonds is 3. The summed E-state index contributed by atoms with van der Waals surface area (Å²) in [6.45, 7) is 9.88. The monoisotopic (exact) mass is 359 g/mol. The van der Waals surface area contributed by atoms with E-state index in [1.165, 1.54) is 0 Å². The number of piperidine rings is 1. The Morgan fingerprint density at radius 2 is 1.69 bits per heavy atom. The van der Waals surface area contributed by atoms with Gasteiger partial charge in [-0.15, -0.1) is 0 Å². The number of hydrogen-bond donors (Lipinski definition) is 0. The first-order valence-electron chi connectivity index (χ1n) is 9.86. The van der Waals surface area contributed by atoms with E-state index in [9.17, 15) is 4.79 Å². The zero-order valence-electron chi connectivity index (χ0n) is 16.6. The van der Waals surface area contributed by atoms with Gasteiger partial charge in [-0.3, -0.25) is 9.48 Å². The average molecular weight is 359 g/mol. The molecule has 0 radical (unpaired) electrons. The van der Waals surface area contributed by atoms with Crippen molar-refractivity contribution in [2.24, 2.45) is 7.05 Å². The van der Waals surface area contributed by atoms with E-state index in [1.807, 2.05) is 18.1 Å². The van der Waals surface area contributed by atoms with E-state index in [2.05, 4.69) is 32.8 Å². The number of hydrogen-bond acceptors (Lipinski definition) is 4. The van der Waals surface area contributed by atoms with Gasteiger partial charge in [-0.2, -0.15) is 5.10 Å². The van der Waals surface area contributed by atoms with Gasteiger partial charge >= 0.3 is 7.12 Å². The van der Waals surface area contributed by atoms with Gasteiger partial charge in [0.2, 0.25) is 0 Å². The molecule has 26 heavy (non-hydrogen) atoms. The molecule has 2 saturated heterocycles. The lowest BCUT2D eigenvalue weighted by atomic mass is 9.66. The maximum Gasteiger partial charge on any atom is 0.461 e. The van der Waals surface area contributed by atoms with Crippen molar-refractivity contribution >= 4 is 13.0 Å². The summed E-state index contributed by atoms with van der Waals surface area (Å²) in [7, 11) is 1.73. The van der Waals surface area contributed by atoms with Gasteiger partial charge in [0.25, 0.3) is 5.91 Å². The van der Waals surface area contributed by atoms with E-state index in [4.69, 9.17) is 9.31 Å². The van der Waals surface area contributed by atoms with Crippen LogP contribution in [0.1, 0.15) is 75.3 Å². The van der Waals surface area contributed by atoms with Gasteiger partial charge in [-0.1, -0.05) is 0 Å². The Morgan fingerprint density at radius 3 is 2.23 bits per heavy atom. The van der Waals surface area contributed by atoms with Gasteiger partial charge < -0.3 is 14.2 Å². The fraction of sp³-hybridized carbons (Fsp3) is 0.789. The molecule has 0 spiro atoms. The molecule has 7 heteroatoms. The van der Waals surface area contributed by atoms with Crippen LogP contribution < -0.4 is 0 Å². The van der Waals surface area contributed by atoms with Crippen molar-refractivity contribution in [3.63, 3.8) is 0 Å². The van der Waals surface area contributed by atoms with E-state index in [0.717, 1.165) is 50.0 Å². The topological polar surface area (TPSA) is 56.6 Å². The van der Waals surface area contributed by atoms with Gasteiger partial charge in [0, 0.05) is 32.3 Å². The highest BCUT2D eigenvalue weighted by molar-refractivity contribution is 6.47. The second-order valence-electron chi connectivity index (χ2n) is 9.13. The van der Waals surface area contributed by atoms with Crippen molar-refractivity contribution in [1.82, 2.24) is 14.7 Å². The van der Waals surface area contributed by atoms with E-state index in [-0.39, 0.29) is 24.2 Å². The normalized spacial score (nSPS) is 25.7. The van der Waals surface area contributed by atoms with E-state index >= 15 is 0 Å². The van der Waals surface area contributed by atoms with Gasteiger partial charge in [0.15, 0.2) is 0 Å². The zero-order valence-corrected chi connectivity index (χ0v) is 16.6. The summed E-state index contributed by atoms with van der Waals surface area (Å²) in [6, 6.07) is 0. The first kappa shape index (κ1) is 18.0. The molecule has 0 unspecified atom stereocenters. The van der Waals surface area contributed by atoms with Crippen molar-refractivity contribution in [2.45, 2.75) is 76.3 Å². The SMILES string of the molecule is Cn1cc(C(=O)N2CCC(B3OC(C)(C)C(C)(C)O3)CC2)c(C2CC2)n1. The summed E-state index contributed by atoms with van der Waals surface area (Å²) in [6.07, 6.45) is 6.03. The maximum atomic E-state index is 13.0. The van der Waals surface area contributed by atoms with Crippen LogP contribution in [-0.2, 0) is 16.4 Å². The first-order valence-corrected chi connectivity index (χ1v) is 9.86. The summed E-state index contributed by atoms with van der Waals surface area (Å²) in [5.74, 6) is 0.960. The molecule has 2 aliphatic heterocycles. The number of amides is 1. The standard InChI is InChI=1S/C19H30BN3O3/c1-18(2)19(3,4)26-20(25-18)14-8-10-23(11-9-14)17(24)15-12-22(5)21-16(15)13-6-7-13/h12-14H,6-11H2,1-5H3. The Morgan fingerprint density at radius 1 is 1.12 bits per heavy atom. The van der Waals surface area contributed by atoms with Crippen molar-refractivity contribution < 1.29 is 14.1 Å². The molecule has 142 valence electrons. The Hall–Kier alpha value is -1.34. The maximum absolute atomic E-state index is 13.0. The lowest BCUT2D eigenvalue weighted by molar-refractivity contribution is 0.00578. The number of carbonyl (C=O) groups excluding carboxylic acids is 1. The summed E-state index contributed by atoms with van der Waals surface area (Å²) >= 11 is 0. The smallest absolute Gasteiger partial charge is 0.403 e. The molecule has 0 bridgehead atoms.